The van der Waals surface area contributed by atoms with E-state index < -0.39 is 11.8 Å². The molecule has 2 heterocycles. The van der Waals surface area contributed by atoms with Gasteiger partial charge in [-0.1, -0.05) is 12.8 Å². The number of halogens is 2. The zero-order chi connectivity index (χ0) is 19.0. The highest BCUT2D eigenvalue weighted by molar-refractivity contribution is 5.94. The number of alkyl halides is 2. The molecule has 1 aromatic rings. The van der Waals surface area contributed by atoms with Gasteiger partial charge in [-0.15, -0.1) is 0 Å². The minimum atomic E-state index is -2.71. The highest BCUT2D eigenvalue weighted by Gasteiger charge is 2.48. The second kappa shape index (κ2) is 7.18. The number of nitrogens with zero attached hydrogens (tertiary/aromatic N) is 1. The lowest BCUT2D eigenvalue weighted by Gasteiger charge is -2.34. The number of hydrogen-bond donors (Lipinski definition) is 3. The first kappa shape index (κ1) is 18.3. The van der Waals surface area contributed by atoms with Crippen LogP contribution in [-0.2, 0) is 22.6 Å². The van der Waals surface area contributed by atoms with Gasteiger partial charge in [0.05, 0.1) is 18.4 Å². The van der Waals surface area contributed by atoms with Crippen molar-refractivity contribution in [3.05, 3.63) is 17.0 Å². The van der Waals surface area contributed by atoms with Gasteiger partial charge < -0.3 is 15.4 Å². The van der Waals surface area contributed by atoms with Crippen molar-refractivity contribution in [2.24, 2.45) is 5.92 Å². The van der Waals surface area contributed by atoms with Gasteiger partial charge >= 0.3 is 0 Å². The maximum atomic E-state index is 12.9. The summed E-state index contributed by atoms with van der Waals surface area (Å²) in [4.78, 5) is 24.5. The summed E-state index contributed by atoms with van der Waals surface area (Å²) in [5.74, 6) is -3.88. The number of hydrogen-bond acceptors (Lipinski definition) is 4. The van der Waals surface area contributed by atoms with Gasteiger partial charge in [-0.05, 0) is 12.8 Å². The number of carbonyl (C=O) groups excluding carboxylic acids is 2. The van der Waals surface area contributed by atoms with Crippen LogP contribution in [0.5, 0.6) is 0 Å². The summed E-state index contributed by atoms with van der Waals surface area (Å²) in [5, 5.41) is 12.7. The molecule has 1 aromatic heterocycles. The summed E-state index contributed by atoms with van der Waals surface area (Å²) in [6.07, 6.45) is 3.62. The first-order valence-corrected chi connectivity index (χ1v) is 9.55. The van der Waals surface area contributed by atoms with E-state index in [1.165, 1.54) is 0 Å². The van der Waals surface area contributed by atoms with Crippen LogP contribution in [0.25, 0.3) is 0 Å². The maximum absolute atomic E-state index is 12.9. The average Bonchev–Trinajstić information content (AvgIpc) is 3.26. The monoisotopic (exact) mass is 382 g/mol. The third-order valence-electron chi connectivity index (χ3n) is 5.72. The molecule has 1 unspecified atom stereocenters. The van der Waals surface area contributed by atoms with Gasteiger partial charge in [0, 0.05) is 43.3 Å². The van der Waals surface area contributed by atoms with Crippen molar-refractivity contribution in [1.82, 2.24) is 20.8 Å². The van der Waals surface area contributed by atoms with Crippen molar-refractivity contribution >= 4 is 11.8 Å². The molecule has 3 N–H and O–H groups in total. The Kier molecular flexibility index (Phi) is 4.88. The largest absolute Gasteiger partial charge is 0.370 e. The number of H-pyrrole nitrogens is 1. The molecule has 148 valence electrons. The first-order valence-electron chi connectivity index (χ1n) is 9.55. The zero-order valence-electron chi connectivity index (χ0n) is 15.0. The third kappa shape index (κ3) is 3.97. The number of carbonyl (C=O) groups is 2. The predicted octanol–water partition coefficient (Wildman–Crippen LogP) is 1.68. The number of ether oxygens (including phenoxy) is 1. The van der Waals surface area contributed by atoms with E-state index in [2.05, 4.69) is 20.8 Å². The fraction of sp³-hybridized carbons (Fsp3) is 0.722. The summed E-state index contributed by atoms with van der Waals surface area (Å²) in [7, 11) is 0. The van der Waals surface area contributed by atoms with Crippen LogP contribution in [0.3, 0.4) is 0 Å². The lowest BCUT2D eigenvalue weighted by Crippen LogP contribution is -2.47. The van der Waals surface area contributed by atoms with Crippen molar-refractivity contribution in [3.8, 4) is 0 Å². The van der Waals surface area contributed by atoms with Gasteiger partial charge in [-0.3, -0.25) is 14.7 Å². The molecule has 27 heavy (non-hydrogen) atoms. The molecule has 2 saturated carbocycles. The summed E-state index contributed by atoms with van der Waals surface area (Å²) in [6, 6.07) is 0.209. The molecule has 7 nitrogen and oxygen atoms in total. The standard InChI is InChI=1S/C18H24F2N4O3/c19-18(20)6-10(7-18)16(25)21-8-12-5-13-14(9-27-12)23-24-15(13)17(26)22-11-3-1-2-4-11/h10-12H,1-9H2,(H,21,25)(H,22,26)(H,23,24). The van der Waals surface area contributed by atoms with E-state index in [0.717, 1.165) is 36.9 Å². The molecule has 0 spiro atoms. The third-order valence-corrected chi connectivity index (χ3v) is 5.72. The van der Waals surface area contributed by atoms with Crippen molar-refractivity contribution in [3.63, 3.8) is 0 Å². The molecule has 2 aliphatic carbocycles. The SMILES string of the molecule is O=C(NC1CCCC1)c1n[nH]c2c1CC(CNC(=O)C1CC(F)(F)C1)OC2. The molecule has 2 amide bonds. The van der Waals surface area contributed by atoms with E-state index in [-0.39, 0.29) is 50.0 Å². The molecule has 0 bridgehead atoms. The molecule has 4 rings (SSSR count). The van der Waals surface area contributed by atoms with E-state index in [1.54, 1.807) is 0 Å². The van der Waals surface area contributed by atoms with E-state index >= 15 is 0 Å². The minimum Gasteiger partial charge on any atom is -0.370 e. The Hall–Kier alpha value is -2.03. The van der Waals surface area contributed by atoms with Gasteiger partial charge in [-0.25, -0.2) is 8.78 Å². The van der Waals surface area contributed by atoms with Crippen LogP contribution in [0.1, 0.15) is 60.3 Å². The molecule has 1 atom stereocenters. The Morgan fingerprint density at radius 2 is 2.00 bits per heavy atom. The Balaban J connectivity index is 1.31. The van der Waals surface area contributed by atoms with E-state index in [1.807, 2.05) is 0 Å². The minimum absolute atomic E-state index is 0.180. The Morgan fingerprint density at radius 1 is 1.26 bits per heavy atom. The number of aromatic nitrogens is 2. The number of rotatable bonds is 5. The van der Waals surface area contributed by atoms with Crippen molar-refractivity contribution < 1.29 is 23.1 Å². The molecular weight excluding hydrogens is 358 g/mol. The molecular formula is C18H24F2N4O3. The Bertz CT molecular complexity index is 722. The summed E-state index contributed by atoms with van der Waals surface area (Å²) >= 11 is 0. The van der Waals surface area contributed by atoms with Gasteiger partial charge in [0.25, 0.3) is 5.91 Å². The van der Waals surface area contributed by atoms with Crippen LogP contribution >= 0.6 is 0 Å². The summed E-state index contributed by atoms with van der Waals surface area (Å²) in [5.41, 5.74) is 1.97. The molecule has 1 aliphatic heterocycles. The predicted molar refractivity (Wildman–Crippen MR) is 91.3 cm³/mol. The number of nitrogens with one attached hydrogen (secondary N) is 3. The van der Waals surface area contributed by atoms with Gasteiger partial charge in [0.15, 0.2) is 5.69 Å². The Labute approximate surface area is 155 Å². The van der Waals surface area contributed by atoms with Gasteiger partial charge in [0.2, 0.25) is 11.8 Å². The van der Waals surface area contributed by atoms with E-state index in [9.17, 15) is 18.4 Å². The van der Waals surface area contributed by atoms with Crippen LogP contribution in [0.15, 0.2) is 0 Å². The van der Waals surface area contributed by atoms with E-state index in [0.29, 0.717) is 12.1 Å². The smallest absolute Gasteiger partial charge is 0.272 e. The maximum Gasteiger partial charge on any atom is 0.272 e. The van der Waals surface area contributed by atoms with Crippen molar-refractivity contribution in [2.45, 2.75) is 69.6 Å². The molecule has 9 heteroatoms. The highest BCUT2D eigenvalue weighted by Crippen LogP contribution is 2.42. The molecule has 0 saturated heterocycles. The van der Waals surface area contributed by atoms with Crippen LogP contribution in [0.4, 0.5) is 8.78 Å². The van der Waals surface area contributed by atoms with Crippen molar-refractivity contribution in [2.75, 3.05) is 6.54 Å². The summed E-state index contributed by atoms with van der Waals surface area (Å²) in [6.45, 7) is 0.510. The normalized spacial score (nSPS) is 24.9. The first-order chi connectivity index (χ1) is 12.9. The van der Waals surface area contributed by atoms with Crippen LogP contribution < -0.4 is 10.6 Å². The second-order valence-corrected chi connectivity index (χ2v) is 7.83. The number of aromatic amines is 1. The highest BCUT2D eigenvalue weighted by atomic mass is 19.3. The Morgan fingerprint density at radius 3 is 2.70 bits per heavy atom. The lowest BCUT2D eigenvalue weighted by atomic mass is 9.81. The molecule has 2 fully saturated rings. The topological polar surface area (TPSA) is 96.1 Å². The van der Waals surface area contributed by atoms with Crippen molar-refractivity contribution in [1.29, 1.82) is 0 Å². The molecule has 0 aromatic carbocycles. The summed E-state index contributed by atoms with van der Waals surface area (Å²) < 4.78 is 31.5. The number of fused-ring (bicyclic) bond motifs is 1. The van der Waals surface area contributed by atoms with Gasteiger partial charge in [-0.2, -0.15) is 5.10 Å². The zero-order valence-corrected chi connectivity index (χ0v) is 15.0. The van der Waals surface area contributed by atoms with Crippen LogP contribution in [0, 0.1) is 5.92 Å². The second-order valence-electron chi connectivity index (χ2n) is 7.83. The van der Waals surface area contributed by atoms with Gasteiger partial charge in [0.1, 0.15) is 0 Å². The van der Waals surface area contributed by atoms with Crippen LogP contribution in [-0.4, -0.2) is 46.6 Å². The molecule has 0 radical (unpaired) electrons. The quantitative estimate of drug-likeness (QED) is 0.722. The molecule has 3 aliphatic rings. The fourth-order valence-corrected chi connectivity index (χ4v) is 4.08. The fourth-order valence-electron chi connectivity index (χ4n) is 4.08. The van der Waals surface area contributed by atoms with E-state index in [4.69, 9.17) is 4.74 Å². The lowest BCUT2D eigenvalue weighted by molar-refractivity contribution is -0.150. The average molecular weight is 382 g/mol. The van der Waals surface area contributed by atoms with Crippen LogP contribution in [0.2, 0.25) is 0 Å². The number of amides is 2.